The average molecular weight is 631 g/mol. The maximum absolute atomic E-state index is 13.0. The smallest absolute Gasteiger partial charge is 0.310 e. The Morgan fingerprint density at radius 3 is 2.27 bits per heavy atom. The van der Waals surface area contributed by atoms with Crippen LogP contribution in [0.15, 0.2) is 11.6 Å². The molecule has 1 saturated heterocycles. The third kappa shape index (κ3) is 4.65. The molecule has 0 amide bonds. The van der Waals surface area contributed by atoms with Crippen LogP contribution < -0.4 is 0 Å². The zero-order valence-corrected chi connectivity index (χ0v) is 28.6. The maximum Gasteiger partial charge on any atom is 0.310 e. The van der Waals surface area contributed by atoms with Crippen LogP contribution >= 0.6 is 0 Å². The second-order valence-corrected chi connectivity index (χ2v) is 18.2. The Morgan fingerprint density at radius 1 is 0.911 bits per heavy atom. The van der Waals surface area contributed by atoms with Gasteiger partial charge < -0.3 is 29.9 Å². The van der Waals surface area contributed by atoms with Crippen molar-refractivity contribution in [2.75, 3.05) is 0 Å². The van der Waals surface area contributed by atoms with Crippen molar-refractivity contribution < 1.29 is 39.5 Å². The van der Waals surface area contributed by atoms with Crippen molar-refractivity contribution in [3.8, 4) is 0 Å². The Hall–Kier alpha value is -1.48. The molecule has 5 unspecified atom stereocenters. The first-order valence-corrected chi connectivity index (χ1v) is 17.6. The minimum absolute atomic E-state index is 0.0213. The molecule has 254 valence electrons. The van der Waals surface area contributed by atoms with Crippen molar-refractivity contribution in [3.63, 3.8) is 0 Å². The Bertz CT molecular complexity index is 1230. The molecule has 0 aromatic heterocycles. The number of carbonyl (C=O) groups is 2. The third-order valence-corrected chi connectivity index (χ3v) is 15.7. The standard InChI is InChI=1S/C37H58O8/c1-32(2)14-16-37(31(42)43)17-15-35(6)22(23(37)19-32)8-9-26-34(5)12-10-21(33(3,4)25(34)11-13-36(26,35)7)18-24-27(39)28(40)29(41)30(45-24)44-20-38/h8,20-21,23-30,39-41H,9-19H2,1-7H3,(H,42,43)/t21-,23?,24+,25?,26?,27-,28?,29+,30?,34+,35-,36-,37+/m1/s1. The largest absolute Gasteiger partial charge is 0.481 e. The van der Waals surface area contributed by atoms with E-state index in [1.54, 1.807) is 0 Å². The van der Waals surface area contributed by atoms with Gasteiger partial charge in [-0.1, -0.05) is 60.1 Å². The number of rotatable bonds is 5. The fourth-order valence-electron chi connectivity index (χ4n) is 12.7. The number of allylic oxidation sites excluding steroid dienone is 2. The lowest BCUT2D eigenvalue weighted by Gasteiger charge is -2.71. The summed E-state index contributed by atoms with van der Waals surface area (Å²) in [4.78, 5) is 24.0. The summed E-state index contributed by atoms with van der Waals surface area (Å²) in [5.74, 6) is 0.682. The van der Waals surface area contributed by atoms with E-state index in [-0.39, 0.29) is 45.4 Å². The number of hydrogen-bond donors (Lipinski definition) is 4. The summed E-state index contributed by atoms with van der Waals surface area (Å²) in [5.41, 5.74) is 1.07. The van der Waals surface area contributed by atoms with E-state index in [0.29, 0.717) is 18.3 Å². The van der Waals surface area contributed by atoms with Crippen LogP contribution in [-0.4, -0.2) is 63.6 Å². The van der Waals surface area contributed by atoms with E-state index in [2.05, 4.69) is 54.5 Å². The molecule has 0 spiro atoms. The van der Waals surface area contributed by atoms with Gasteiger partial charge in [0, 0.05) is 0 Å². The summed E-state index contributed by atoms with van der Waals surface area (Å²) in [7, 11) is 0. The van der Waals surface area contributed by atoms with E-state index >= 15 is 0 Å². The van der Waals surface area contributed by atoms with E-state index < -0.39 is 42.1 Å². The molecule has 6 aliphatic rings. The van der Waals surface area contributed by atoms with Crippen LogP contribution in [-0.2, 0) is 19.1 Å². The Labute approximate surface area is 269 Å². The van der Waals surface area contributed by atoms with Crippen molar-refractivity contribution in [3.05, 3.63) is 11.6 Å². The molecule has 1 aliphatic heterocycles. The molecule has 1 heterocycles. The molecule has 8 nitrogen and oxygen atoms in total. The van der Waals surface area contributed by atoms with Crippen molar-refractivity contribution >= 4 is 12.4 Å². The number of fused-ring (bicyclic) bond motifs is 7. The topological polar surface area (TPSA) is 134 Å². The molecule has 0 aromatic rings. The number of carboxylic acids is 1. The fourth-order valence-corrected chi connectivity index (χ4v) is 12.7. The monoisotopic (exact) mass is 630 g/mol. The Morgan fingerprint density at radius 2 is 1.60 bits per heavy atom. The number of carboxylic acid groups (broad SMARTS) is 1. The number of carbonyl (C=O) groups excluding carboxylic acids is 1. The molecule has 6 rings (SSSR count). The lowest BCUT2D eigenvalue weighted by molar-refractivity contribution is -0.290. The van der Waals surface area contributed by atoms with E-state index in [9.17, 15) is 30.0 Å². The molecule has 45 heavy (non-hydrogen) atoms. The van der Waals surface area contributed by atoms with Gasteiger partial charge in [0.05, 0.1) is 11.5 Å². The van der Waals surface area contributed by atoms with Gasteiger partial charge in [-0.25, -0.2) is 0 Å². The van der Waals surface area contributed by atoms with E-state index in [4.69, 9.17) is 9.47 Å². The lowest BCUT2D eigenvalue weighted by atomic mass is 9.33. The molecule has 4 saturated carbocycles. The molecule has 13 atom stereocenters. The molecule has 0 bridgehead atoms. The van der Waals surface area contributed by atoms with Gasteiger partial charge in [0.1, 0.15) is 18.3 Å². The fraction of sp³-hybridized carbons (Fsp3) is 0.892. The lowest BCUT2D eigenvalue weighted by Crippen LogP contribution is -2.65. The minimum Gasteiger partial charge on any atom is -0.481 e. The minimum atomic E-state index is -1.49. The average Bonchev–Trinajstić information content (AvgIpc) is 2.95. The zero-order valence-electron chi connectivity index (χ0n) is 28.6. The van der Waals surface area contributed by atoms with Crippen LogP contribution in [0.2, 0.25) is 0 Å². The number of aliphatic hydroxyl groups excluding tert-OH is 3. The summed E-state index contributed by atoms with van der Waals surface area (Å²) in [5, 5.41) is 42.3. The first-order chi connectivity index (χ1) is 20.9. The quantitative estimate of drug-likeness (QED) is 0.219. The summed E-state index contributed by atoms with van der Waals surface area (Å²) in [6.07, 6.45) is 6.44. The highest BCUT2D eigenvalue weighted by atomic mass is 16.7. The van der Waals surface area contributed by atoms with E-state index in [1.165, 1.54) is 5.57 Å². The van der Waals surface area contributed by atoms with Gasteiger partial charge in [0.25, 0.3) is 6.47 Å². The van der Waals surface area contributed by atoms with Gasteiger partial charge in [-0.15, -0.1) is 0 Å². The molecule has 0 radical (unpaired) electrons. The first-order valence-electron chi connectivity index (χ1n) is 17.6. The Kier molecular flexibility index (Phi) is 7.99. The molecular weight excluding hydrogens is 572 g/mol. The van der Waals surface area contributed by atoms with Crippen LogP contribution in [0.3, 0.4) is 0 Å². The highest BCUT2D eigenvalue weighted by molar-refractivity contribution is 5.76. The second kappa shape index (κ2) is 10.8. The van der Waals surface area contributed by atoms with Gasteiger partial charge in [0.2, 0.25) is 6.29 Å². The van der Waals surface area contributed by atoms with Gasteiger partial charge in [-0.3, -0.25) is 9.59 Å². The van der Waals surface area contributed by atoms with Gasteiger partial charge in [-0.2, -0.15) is 0 Å². The van der Waals surface area contributed by atoms with Crippen LogP contribution in [0.1, 0.15) is 119 Å². The third-order valence-electron chi connectivity index (χ3n) is 15.7. The van der Waals surface area contributed by atoms with Crippen molar-refractivity contribution in [2.45, 2.75) is 150 Å². The van der Waals surface area contributed by atoms with Gasteiger partial charge in [0.15, 0.2) is 0 Å². The van der Waals surface area contributed by atoms with Crippen molar-refractivity contribution in [1.29, 1.82) is 0 Å². The molecule has 0 aromatic carbocycles. The highest BCUT2D eigenvalue weighted by Gasteiger charge is 2.69. The van der Waals surface area contributed by atoms with Crippen molar-refractivity contribution in [1.82, 2.24) is 0 Å². The predicted octanol–water partition coefficient (Wildman–Crippen LogP) is 5.86. The predicted molar refractivity (Wildman–Crippen MR) is 169 cm³/mol. The molecule has 8 heteroatoms. The molecule has 4 N–H and O–H groups in total. The summed E-state index contributed by atoms with van der Waals surface area (Å²) < 4.78 is 10.8. The highest BCUT2D eigenvalue weighted by Crippen LogP contribution is 2.76. The van der Waals surface area contributed by atoms with Crippen molar-refractivity contribution in [2.24, 2.45) is 56.2 Å². The number of aliphatic carboxylic acids is 1. The van der Waals surface area contributed by atoms with Gasteiger partial charge in [-0.05, 0) is 121 Å². The van der Waals surface area contributed by atoms with Crippen LogP contribution in [0, 0.1) is 56.2 Å². The SMILES string of the molecule is CC1(C)CC[C@]2(C(=O)O)CC[C@]3(C)C(=CCC4[C@@]5(C)CC[C@H](C[C@@H]6OC(OC=O)[C@@H](O)C(O)[C@@H]6O)C(C)(C)C5CC[C@]43C)C2C1. The van der Waals surface area contributed by atoms with Gasteiger partial charge >= 0.3 is 5.97 Å². The molecule has 5 fully saturated rings. The second-order valence-electron chi connectivity index (χ2n) is 18.2. The van der Waals surface area contributed by atoms with E-state index in [0.717, 1.165) is 64.2 Å². The zero-order chi connectivity index (χ0) is 33.0. The maximum atomic E-state index is 13.0. The van der Waals surface area contributed by atoms with E-state index in [1.807, 2.05) is 0 Å². The first kappa shape index (κ1) is 33.4. The van der Waals surface area contributed by atoms with Crippen LogP contribution in [0.4, 0.5) is 0 Å². The number of aliphatic hydroxyl groups is 3. The molecular formula is C37H58O8. The molecule has 5 aliphatic carbocycles. The Balaban J connectivity index is 1.28. The summed E-state index contributed by atoms with van der Waals surface area (Å²) >= 11 is 0. The summed E-state index contributed by atoms with van der Waals surface area (Å²) in [6, 6.07) is 0. The van der Waals surface area contributed by atoms with Crippen LogP contribution in [0.25, 0.3) is 0 Å². The van der Waals surface area contributed by atoms with Crippen LogP contribution in [0.5, 0.6) is 0 Å². The number of hydrogen-bond acceptors (Lipinski definition) is 7. The summed E-state index contributed by atoms with van der Waals surface area (Å²) in [6.45, 7) is 17.1. The number of ether oxygens (including phenoxy) is 2. The normalized spacial score (nSPS) is 51.8.